The van der Waals surface area contributed by atoms with E-state index in [1.54, 1.807) is 18.3 Å². The Hall–Kier alpha value is -1.33. The molecule has 1 atom stereocenters. The second-order valence-electron chi connectivity index (χ2n) is 3.74. The molecule has 5 heteroatoms. The van der Waals surface area contributed by atoms with E-state index in [0.29, 0.717) is 4.90 Å². The van der Waals surface area contributed by atoms with E-state index in [4.69, 9.17) is 0 Å². The van der Waals surface area contributed by atoms with Crippen LogP contribution in [0, 0.1) is 0 Å². The van der Waals surface area contributed by atoms with Crippen LogP contribution in [-0.2, 0) is 9.84 Å². The number of nitrogens with one attached hydrogen (secondary N) is 2. The molecular weight excluding hydrogens is 212 g/mol. The Morgan fingerprint density at radius 3 is 2.93 bits per heavy atom. The van der Waals surface area contributed by atoms with Crippen molar-refractivity contribution < 1.29 is 8.42 Å². The van der Waals surface area contributed by atoms with Gasteiger partial charge in [-0.1, -0.05) is 18.2 Å². The quantitative estimate of drug-likeness (QED) is 0.671. The van der Waals surface area contributed by atoms with Crippen LogP contribution in [0.15, 0.2) is 40.9 Å². The first kappa shape index (κ1) is 8.94. The topological polar surface area (TPSA) is 58.2 Å². The van der Waals surface area contributed by atoms with Crippen LogP contribution in [0.5, 0.6) is 0 Å². The van der Waals surface area contributed by atoms with Gasteiger partial charge < -0.3 is 5.43 Å². The van der Waals surface area contributed by atoms with Crippen LogP contribution in [0.25, 0.3) is 0 Å². The summed E-state index contributed by atoms with van der Waals surface area (Å²) < 4.78 is 23.8. The lowest BCUT2D eigenvalue weighted by molar-refractivity contribution is 0.561. The van der Waals surface area contributed by atoms with E-state index in [9.17, 15) is 8.42 Å². The minimum Gasteiger partial charge on any atom is -0.328 e. The Kier molecular flexibility index (Phi) is 1.69. The first-order valence-corrected chi connectivity index (χ1v) is 6.35. The van der Waals surface area contributed by atoms with Crippen molar-refractivity contribution in [3.05, 3.63) is 41.6 Å². The summed E-state index contributed by atoms with van der Waals surface area (Å²) in [6.07, 6.45) is 1.73. The highest BCUT2D eigenvalue weighted by atomic mass is 32.2. The largest absolute Gasteiger partial charge is 0.328 e. The first-order valence-electron chi connectivity index (χ1n) is 4.70. The molecule has 0 radical (unpaired) electrons. The number of hydrogen-bond acceptors (Lipinski definition) is 4. The molecule has 15 heavy (non-hydrogen) atoms. The minimum absolute atomic E-state index is 0.00437. The summed E-state index contributed by atoms with van der Waals surface area (Å²) in [4.78, 5) is 0.448. The lowest BCUT2D eigenvalue weighted by Crippen LogP contribution is -2.30. The first-order chi connectivity index (χ1) is 7.18. The number of fused-ring (bicyclic) bond motifs is 3. The molecule has 0 saturated carbocycles. The molecule has 1 aromatic carbocycles. The number of hydrazine groups is 1. The molecule has 2 aliphatic rings. The second-order valence-corrected chi connectivity index (χ2v) is 5.70. The molecule has 0 amide bonds. The molecule has 2 aliphatic heterocycles. The van der Waals surface area contributed by atoms with Crippen molar-refractivity contribution in [2.75, 3.05) is 5.75 Å². The average Bonchev–Trinajstić information content (AvgIpc) is 2.65. The minimum atomic E-state index is -3.14. The standard InChI is InChI=1S/C10H10N2O2S/c13-15(14)6-7-5-11-12-10(7)8-3-1-2-4-9(8)15/h1-5,10-12H,6H2. The van der Waals surface area contributed by atoms with Crippen LogP contribution < -0.4 is 10.9 Å². The molecule has 0 saturated heterocycles. The summed E-state index contributed by atoms with van der Waals surface area (Å²) in [7, 11) is -3.14. The molecular formula is C10H10N2O2S. The SMILES string of the molecule is O=S1(=O)CC2=CNNC2c2ccccc21. The van der Waals surface area contributed by atoms with E-state index in [1.165, 1.54) is 0 Å². The van der Waals surface area contributed by atoms with Crippen molar-refractivity contribution in [3.63, 3.8) is 0 Å². The Balaban J connectivity index is 2.30. The van der Waals surface area contributed by atoms with E-state index in [1.807, 2.05) is 12.1 Å². The van der Waals surface area contributed by atoms with Gasteiger partial charge in [0.2, 0.25) is 0 Å². The van der Waals surface area contributed by atoms with Crippen molar-refractivity contribution in [2.24, 2.45) is 0 Å². The van der Waals surface area contributed by atoms with Crippen molar-refractivity contribution in [3.8, 4) is 0 Å². The summed E-state index contributed by atoms with van der Waals surface area (Å²) in [6.45, 7) is 0. The molecule has 2 N–H and O–H groups in total. The number of sulfone groups is 1. The predicted molar refractivity (Wildman–Crippen MR) is 55.6 cm³/mol. The van der Waals surface area contributed by atoms with Gasteiger partial charge in [-0.2, -0.15) is 0 Å². The summed E-state index contributed by atoms with van der Waals surface area (Å²) >= 11 is 0. The molecule has 0 spiro atoms. The molecule has 4 nitrogen and oxygen atoms in total. The number of rotatable bonds is 0. The highest BCUT2D eigenvalue weighted by Crippen LogP contribution is 2.36. The van der Waals surface area contributed by atoms with Crippen LogP contribution in [0.2, 0.25) is 0 Å². The normalized spacial score (nSPS) is 26.1. The van der Waals surface area contributed by atoms with Gasteiger partial charge in [-0.3, -0.25) is 0 Å². The Morgan fingerprint density at radius 1 is 1.27 bits per heavy atom. The highest BCUT2D eigenvalue weighted by Gasteiger charge is 2.35. The maximum absolute atomic E-state index is 11.9. The fraction of sp³-hybridized carbons (Fsp3) is 0.200. The Labute approximate surface area is 87.9 Å². The molecule has 78 valence electrons. The number of hydrogen-bond donors (Lipinski definition) is 2. The molecule has 2 heterocycles. The Morgan fingerprint density at radius 2 is 2.07 bits per heavy atom. The van der Waals surface area contributed by atoms with Gasteiger partial charge in [0.15, 0.2) is 9.84 Å². The lowest BCUT2D eigenvalue weighted by atomic mass is 10.0. The summed E-state index contributed by atoms with van der Waals surface area (Å²) in [5, 5.41) is 0. The highest BCUT2D eigenvalue weighted by molar-refractivity contribution is 7.91. The van der Waals surface area contributed by atoms with Crippen molar-refractivity contribution in [2.45, 2.75) is 10.9 Å². The van der Waals surface area contributed by atoms with Crippen LogP contribution in [0.3, 0.4) is 0 Å². The summed E-state index contributed by atoms with van der Waals surface area (Å²) in [5.41, 5.74) is 7.63. The van der Waals surface area contributed by atoms with Crippen molar-refractivity contribution in [1.29, 1.82) is 0 Å². The molecule has 0 aromatic heterocycles. The van der Waals surface area contributed by atoms with Crippen LogP contribution in [-0.4, -0.2) is 14.2 Å². The van der Waals surface area contributed by atoms with E-state index >= 15 is 0 Å². The van der Waals surface area contributed by atoms with E-state index < -0.39 is 9.84 Å². The Bertz CT molecular complexity index is 548. The molecule has 0 fully saturated rings. The van der Waals surface area contributed by atoms with Gasteiger partial charge in [0.1, 0.15) is 0 Å². The zero-order chi connectivity index (χ0) is 10.5. The third kappa shape index (κ3) is 1.20. The zero-order valence-electron chi connectivity index (χ0n) is 7.90. The fourth-order valence-corrected chi connectivity index (χ4v) is 3.77. The maximum Gasteiger partial charge on any atom is 0.182 e. The van der Waals surface area contributed by atoms with E-state index in [0.717, 1.165) is 11.1 Å². The molecule has 1 aromatic rings. The molecule has 0 bridgehead atoms. The molecule has 3 rings (SSSR count). The second kappa shape index (κ2) is 2.84. The van der Waals surface area contributed by atoms with Gasteiger partial charge in [-0.15, -0.1) is 0 Å². The fourth-order valence-electron chi connectivity index (χ4n) is 2.10. The third-order valence-corrected chi connectivity index (χ3v) is 4.53. The van der Waals surface area contributed by atoms with Crippen LogP contribution in [0.1, 0.15) is 11.6 Å². The van der Waals surface area contributed by atoms with Crippen LogP contribution >= 0.6 is 0 Å². The monoisotopic (exact) mass is 222 g/mol. The van der Waals surface area contributed by atoms with Gasteiger partial charge in [0, 0.05) is 6.20 Å². The number of benzene rings is 1. The van der Waals surface area contributed by atoms with Gasteiger partial charge in [0.25, 0.3) is 0 Å². The van der Waals surface area contributed by atoms with E-state index in [2.05, 4.69) is 10.9 Å². The van der Waals surface area contributed by atoms with Gasteiger partial charge in [0.05, 0.1) is 16.7 Å². The molecule has 0 aliphatic carbocycles. The van der Waals surface area contributed by atoms with Crippen molar-refractivity contribution in [1.82, 2.24) is 10.9 Å². The lowest BCUT2D eigenvalue weighted by Gasteiger charge is -2.23. The third-order valence-electron chi connectivity index (χ3n) is 2.78. The predicted octanol–water partition coefficient (Wildman–Crippen LogP) is 0.507. The average molecular weight is 222 g/mol. The molecule has 1 unspecified atom stereocenters. The van der Waals surface area contributed by atoms with Gasteiger partial charge in [-0.05, 0) is 17.2 Å². The maximum atomic E-state index is 11.9. The van der Waals surface area contributed by atoms with Crippen LogP contribution in [0.4, 0.5) is 0 Å². The summed E-state index contributed by atoms with van der Waals surface area (Å²) in [6, 6.07) is 7.14. The van der Waals surface area contributed by atoms with Crippen molar-refractivity contribution >= 4 is 9.84 Å². The summed E-state index contributed by atoms with van der Waals surface area (Å²) in [5.74, 6) is 0.106. The van der Waals surface area contributed by atoms with Gasteiger partial charge >= 0.3 is 0 Å². The van der Waals surface area contributed by atoms with Gasteiger partial charge in [-0.25, -0.2) is 13.8 Å². The van der Waals surface area contributed by atoms with E-state index in [-0.39, 0.29) is 11.8 Å². The smallest absolute Gasteiger partial charge is 0.182 e. The zero-order valence-corrected chi connectivity index (χ0v) is 8.71.